The first-order valence-corrected chi connectivity index (χ1v) is 7.41. The number of nitro benzene ring substituents is 1. The lowest BCUT2D eigenvalue weighted by atomic mass is 10.2. The maximum Gasteiger partial charge on any atom is 0.269 e. The number of thioether (sulfide) groups is 1. The molecule has 20 heavy (non-hydrogen) atoms. The lowest BCUT2D eigenvalue weighted by molar-refractivity contribution is -0.384. The van der Waals surface area contributed by atoms with E-state index in [2.05, 4.69) is 14.8 Å². The van der Waals surface area contributed by atoms with Gasteiger partial charge in [0.2, 0.25) is 0 Å². The van der Waals surface area contributed by atoms with E-state index in [1.807, 2.05) is 6.92 Å². The number of hydrogen-bond donors (Lipinski definition) is 0. The summed E-state index contributed by atoms with van der Waals surface area (Å²) in [4.78, 5) is 10.2. The molecule has 7 heteroatoms. The second-order valence-electron chi connectivity index (χ2n) is 4.84. The molecule has 3 rings (SSSR count). The van der Waals surface area contributed by atoms with Gasteiger partial charge in [-0.05, 0) is 25.3 Å². The summed E-state index contributed by atoms with van der Waals surface area (Å²) in [6.45, 7) is 1.97. The Morgan fingerprint density at radius 3 is 2.65 bits per heavy atom. The van der Waals surface area contributed by atoms with E-state index in [4.69, 9.17) is 0 Å². The summed E-state index contributed by atoms with van der Waals surface area (Å²) in [5.41, 5.74) is 1.17. The van der Waals surface area contributed by atoms with Crippen LogP contribution in [0.3, 0.4) is 0 Å². The van der Waals surface area contributed by atoms with Crippen LogP contribution in [-0.2, 0) is 5.75 Å². The Kier molecular flexibility index (Phi) is 3.43. The predicted molar refractivity (Wildman–Crippen MR) is 75.7 cm³/mol. The molecule has 0 N–H and O–H groups in total. The molecule has 1 heterocycles. The summed E-state index contributed by atoms with van der Waals surface area (Å²) in [7, 11) is 0. The molecule has 0 radical (unpaired) electrons. The van der Waals surface area contributed by atoms with Gasteiger partial charge in [0.1, 0.15) is 5.82 Å². The minimum absolute atomic E-state index is 0.121. The summed E-state index contributed by atoms with van der Waals surface area (Å²) in [6.07, 6.45) is 2.40. The Hall–Kier alpha value is -1.89. The number of rotatable bonds is 5. The summed E-state index contributed by atoms with van der Waals surface area (Å²) in [5.74, 6) is 1.70. The summed E-state index contributed by atoms with van der Waals surface area (Å²) < 4.78 is 2.19. The fraction of sp³-hybridized carbons (Fsp3) is 0.385. The first kappa shape index (κ1) is 13.1. The van der Waals surface area contributed by atoms with Gasteiger partial charge in [0.05, 0.1) is 4.92 Å². The normalized spacial score (nSPS) is 14.4. The van der Waals surface area contributed by atoms with Crippen molar-refractivity contribution < 1.29 is 4.92 Å². The van der Waals surface area contributed by atoms with Crippen LogP contribution in [0.1, 0.15) is 30.3 Å². The molecule has 1 saturated carbocycles. The van der Waals surface area contributed by atoms with E-state index in [0.29, 0.717) is 6.04 Å². The van der Waals surface area contributed by atoms with Gasteiger partial charge in [0, 0.05) is 23.9 Å². The minimum Gasteiger partial charge on any atom is -0.303 e. The van der Waals surface area contributed by atoms with E-state index in [1.54, 1.807) is 23.9 Å². The van der Waals surface area contributed by atoms with E-state index < -0.39 is 0 Å². The molecular formula is C13H14N4O2S. The number of nitro groups is 1. The van der Waals surface area contributed by atoms with Crippen molar-refractivity contribution in [3.63, 3.8) is 0 Å². The van der Waals surface area contributed by atoms with Crippen LogP contribution < -0.4 is 0 Å². The van der Waals surface area contributed by atoms with Gasteiger partial charge in [-0.1, -0.05) is 23.9 Å². The minimum atomic E-state index is -0.385. The van der Waals surface area contributed by atoms with Gasteiger partial charge in [0.25, 0.3) is 5.69 Å². The fourth-order valence-electron chi connectivity index (χ4n) is 2.06. The Labute approximate surface area is 120 Å². The molecule has 0 spiro atoms. The average Bonchev–Trinajstić information content (AvgIpc) is 3.21. The van der Waals surface area contributed by atoms with Crippen molar-refractivity contribution in [3.8, 4) is 0 Å². The number of aromatic nitrogens is 3. The van der Waals surface area contributed by atoms with E-state index >= 15 is 0 Å². The second-order valence-corrected chi connectivity index (χ2v) is 5.79. The number of non-ortho nitro benzene ring substituents is 1. The molecule has 1 aliphatic rings. The molecule has 0 bridgehead atoms. The van der Waals surface area contributed by atoms with Crippen LogP contribution in [0.4, 0.5) is 5.69 Å². The number of nitrogens with zero attached hydrogens (tertiary/aromatic N) is 4. The highest BCUT2D eigenvalue weighted by atomic mass is 32.2. The molecule has 1 aromatic heterocycles. The van der Waals surface area contributed by atoms with Gasteiger partial charge in [-0.25, -0.2) is 0 Å². The van der Waals surface area contributed by atoms with Gasteiger partial charge in [-0.3, -0.25) is 10.1 Å². The summed E-state index contributed by atoms with van der Waals surface area (Å²) in [5, 5.41) is 19.9. The first-order chi connectivity index (χ1) is 9.65. The first-order valence-electron chi connectivity index (χ1n) is 6.43. The van der Waals surface area contributed by atoms with Crippen molar-refractivity contribution in [2.75, 3.05) is 0 Å². The lowest BCUT2D eigenvalue weighted by Gasteiger charge is -2.06. The van der Waals surface area contributed by atoms with Gasteiger partial charge >= 0.3 is 0 Å². The third kappa shape index (κ3) is 2.67. The van der Waals surface area contributed by atoms with Crippen LogP contribution in [0, 0.1) is 17.0 Å². The highest BCUT2D eigenvalue weighted by molar-refractivity contribution is 7.98. The third-order valence-electron chi connectivity index (χ3n) is 3.26. The molecule has 0 atom stereocenters. The molecule has 0 saturated heterocycles. The van der Waals surface area contributed by atoms with Crippen LogP contribution in [0.25, 0.3) is 0 Å². The van der Waals surface area contributed by atoms with Gasteiger partial charge < -0.3 is 4.57 Å². The Bertz CT molecular complexity index is 634. The molecular weight excluding hydrogens is 276 g/mol. The zero-order valence-electron chi connectivity index (χ0n) is 11.0. The topological polar surface area (TPSA) is 73.8 Å². The van der Waals surface area contributed by atoms with E-state index in [0.717, 1.165) is 22.3 Å². The van der Waals surface area contributed by atoms with Crippen molar-refractivity contribution >= 4 is 17.4 Å². The van der Waals surface area contributed by atoms with Gasteiger partial charge in [0.15, 0.2) is 5.16 Å². The largest absolute Gasteiger partial charge is 0.303 e. The van der Waals surface area contributed by atoms with Crippen LogP contribution in [0.2, 0.25) is 0 Å². The zero-order valence-corrected chi connectivity index (χ0v) is 11.8. The molecule has 1 aliphatic carbocycles. The molecule has 1 fully saturated rings. The molecule has 6 nitrogen and oxygen atoms in total. The van der Waals surface area contributed by atoms with Crippen LogP contribution in [0.5, 0.6) is 0 Å². The average molecular weight is 290 g/mol. The van der Waals surface area contributed by atoms with Crippen LogP contribution in [-0.4, -0.2) is 19.7 Å². The van der Waals surface area contributed by atoms with Crippen molar-refractivity contribution in [2.45, 2.75) is 36.7 Å². The van der Waals surface area contributed by atoms with Gasteiger partial charge in [-0.15, -0.1) is 10.2 Å². The quantitative estimate of drug-likeness (QED) is 0.480. The third-order valence-corrected chi connectivity index (χ3v) is 4.28. The number of aryl methyl sites for hydroxylation is 1. The maximum atomic E-state index is 10.6. The second kappa shape index (κ2) is 5.24. The van der Waals surface area contributed by atoms with Crippen LogP contribution >= 0.6 is 11.8 Å². The highest BCUT2D eigenvalue weighted by Crippen LogP contribution is 2.39. The highest BCUT2D eigenvalue weighted by Gasteiger charge is 2.28. The van der Waals surface area contributed by atoms with E-state index in [1.165, 1.54) is 25.0 Å². The Balaban J connectivity index is 1.69. The summed E-state index contributed by atoms with van der Waals surface area (Å²) in [6, 6.07) is 7.20. The van der Waals surface area contributed by atoms with Crippen molar-refractivity contribution in [3.05, 3.63) is 45.8 Å². The Morgan fingerprint density at radius 2 is 2.05 bits per heavy atom. The van der Waals surface area contributed by atoms with E-state index in [9.17, 15) is 10.1 Å². The standard InChI is InChI=1S/C13H14N4O2S/c1-9-14-15-13(16(9)11-6-7-11)20-8-10-2-4-12(5-3-10)17(18)19/h2-5,11H,6-8H2,1H3. The monoisotopic (exact) mass is 290 g/mol. The fourth-order valence-corrected chi connectivity index (χ4v) is 3.07. The Morgan fingerprint density at radius 1 is 1.35 bits per heavy atom. The zero-order chi connectivity index (χ0) is 14.1. The number of hydrogen-bond acceptors (Lipinski definition) is 5. The lowest BCUT2D eigenvalue weighted by Crippen LogP contribution is -1.99. The van der Waals surface area contributed by atoms with Crippen molar-refractivity contribution in [1.29, 1.82) is 0 Å². The molecule has 1 aromatic carbocycles. The smallest absolute Gasteiger partial charge is 0.269 e. The molecule has 0 aliphatic heterocycles. The molecule has 104 valence electrons. The number of benzene rings is 1. The molecule has 2 aromatic rings. The van der Waals surface area contributed by atoms with Crippen molar-refractivity contribution in [1.82, 2.24) is 14.8 Å². The van der Waals surface area contributed by atoms with Gasteiger partial charge in [-0.2, -0.15) is 0 Å². The van der Waals surface area contributed by atoms with Crippen molar-refractivity contribution in [2.24, 2.45) is 0 Å². The predicted octanol–water partition coefficient (Wildman–Crippen LogP) is 3.12. The van der Waals surface area contributed by atoms with Crippen LogP contribution in [0.15, 0.2) is 29.4 Å². The molecule has 0 amide bonds. The summed E-state index contributed by atoms with van der Waals surface area (Å²) >= 11 is 1.62. The SMILES string of the molecule is Cc1nnc(SCc2ccc([N+](=O)[O-])cc2)n1C1CC1. The van der Waals surface area contributed by atoms with E-state index in [-0.39, 0.29) is 10.6 Å². The molecule has 0 unspecified atom stereocenters. The maximum absolute atomic E-state index is 10.6.